The predicted octanol–water partition coefficient (Wildman–Crippen LogP) is 1.96. The standard InChI is InChI=1S/C18H29N3O3S/c1-18(2,25(4,22)23)13-21-17(19-3)20-11-15-7-5-6-8-16(15)24-12-14-9-10-14/h5-8,14H,9-13H2,1-4H3,(H2,19,20,21). The van der Waals surface area contributed by atoms with Crippen LogP contribution >= 0.6 is 0 Å². The van der Waals surface area contributed by atoms with Crippen molar-refractivity contribution in [3.05, 3.63) is 29.8 Å². The van der Waals surface area contributed by atoms with Crippen LogP contribution in [0, 0.1) is 5.92 Å². The lowest BCUT2D eigenvalue weighted by Gasteiger charge is -2.24. The molecule has 0 saturated heterocycles. The lowest BCUT2D eigenvalue weighted by atomic mass is 10.2. The van der Waals surface area contributed by atoms with Crippen LogP contribution < -0.4 is 15.4 Å². The van der Waals surface area contributed by atoms with E-state index in [4.69, 9.17) is 4.74 Å². The van der Waals surface area contributed by atoms with Gasteiger partial charge in [0.05, 0.1) is 11.4 Å². The Bertz CT molecular complexity index is 710. The molecule has 2 N–H and O–H groups in total. The molecule has 1 saturated carbocycles. The molecule has 0 aliphatic heterocycles. The van der Waals surface area contributed by atoms with Gasteiger partial charge in [0.2, 0.25) is 0 Å². The predicted molar refractivity (Wildman–Crippen MR) is 102 cm³/mol. The van der Waals surface area contributed by atoms with E-state index in [2.05, 4.69) is 15.6 Å². The fraction of sp³-hybridized carbons (Fsp3) is 0.611. The Morgan fingerprint density at radius 1 is 1.28 bits per heavy atom. The highest BCUT2D eigenvalue weighted by molar-refractivity contribution is 7.92. The summed E-state index contributed by atoms with van der Waals surface area (Å²) >= 11 is 0. The number of hydrogen-bond donors (Lipinski definition) is 2. The Kier molecular flexibility index (Phi) is 6.32. The van der Waals surface area contributed by atoms with Crippen molar-refractivity contribution in [2.45, 2.75) is 38.0 Å². The van der Waals surface area contributed by atoms with Gasteiger partial charge in [0.15, 0.2) is 15.8 Å². The average molecular weight is 368 g/mol. The Morgan fingerprint density at radius 3 is 2.56 bits per heavy atom. The third-order valence-corrected chi connectivity index (χ3v) is 6.65. The molecule has 0 spiro atoms. The number of ether oxygens (including phenoxy) is 1. The Morgan fingerprint density at radius 2 is 1.96 bits per heavy atom. The highest BCUT2D eigenvalue weighted by atomic mass is 32.2. The van der Waals surface area contributed by atoms with Crippen LogP contribution in [0.2, 0.25) is 0 Å². The van der Waals surface area contributed by atoms with Gasteiger partial charge in [0, 0.05) is 32.0 Å². The SMILES string of the molecule is CN=C(NCc1ccccc1OCC1CC1)NCC(C)(C)S(C)(=O)=O. The average Bonchev–Trinajstić information content (AvgIpc) is 3.37. The zero-order valence-electron chi connectivity index (χ0n) is 15.5. The molecule has 0 amide bonds. The van der Waals surface area contributed by atoms with Gasteiger partial charge in [0.1, 0.15) is 5.75 Å². The van der Waals surface area contributed by atoms with Gasteiger partial charge in [-0.2, -0.15) is 0 Å². The van der Waals surface area contributed by atoms with Gasteiger partial charge in [-0.25, -0.2) is 8.42 Å². The molecule has 6 nitrogen and oxygen atoms in total. The lowest BCUT2D eigenvalue weighted by molar-refractivity contribution is 0.296. The van der Waals surface area contributed by atoms with Crippen LogP contribution in [0.5, 0.6) is 5.75 Å². The fourth-order valence-corrected chi connectivity index (χ4v) is 2.44. The molecule has 0 aromatic heterocycles. The molecule has 0 heterocycles. The molecule has 1 aliphatic carbocycles. The van der Waals surface area contributed by atoms with E-state index in [1.54, 1.807) is 20.9 Å². The number of sulfone groups is 1. The maximum absolute atomic E-state index is 11.8. The zero-order valence-corrected chi connectivity index (χ0v) is 16.3. The van der Waals surface area contributed by atoms with Crippen molar-refractivity contribution in [1.82, 2.24) is 10.6 Å². The first-order chi connectivity index (χ1) is 11.7. The Balaban J connectivity index is 1.90. The quantitative estimate of drug-likeness (QED) is 0.542. The van der Waals surface area contributed by atoms with Crippen LogP contribution in [0.25, 0.3) is 0 Å². The van der Waals surface area contributed by atoms with Crippen LogP contribution in [0.1, 0.15) is 32.3 Å². The minimum atomic E-state index is -3.15. The first-order valence-corrected chi connectivity index (χ1v) is 10.5. The smallest absolute Gasteiger partial charge is 0.191 e. The molecule has 140 valence electrons. The summed E-state index contributed by atoms with van der Waals surface area (Å²) in [6.07, 6.45) is 3.76. The second-order valence-corrected chi connectivity index (χ2v) is 9.82. The summed E-state index contributed by atoms with van der Waals surface area (Å²) in [5.74, 6) is 2.15. The van der Waals surface area contributed by atoms with Gasteiger partial charge in [-0.15, -0.1) is 0 Å². The number of hydrogen-bond acceptors (Lipinski definition) is 4. The fourth-order valence-electron chi connectivity index (χ4n) is 2.11. The van der Waals surface area contributed by atoms with Crippen molar-refractivity contribution in [2.24, 2.45) is 10.9 Å². The molecule has 1 fully saturated rings. The van der Waals surface area contributed by atoms with E-state index in [1.165, 1.54) is 19.1 Å². The van der Waals surface area contributed by atoms with Crippen molar-refractivity contribution in [3.63, 3.8) is 0 Å². The van der Waals surface area contributed by atoms with E-state index in [9.17, 15) is 8.42 Å². The summed E-state index contributed by atoms with van der Waals surface area (Å²) < 4.78 is 28.6. The maximum atomic E-state index is 11.8. The molecule has 1 aromatic rings. The summed E-state index contributed by atoms with van der Waals surface area (Å²) in [6.45, 7) is 5.00. The number of para-hydroxylation sites is 1. The monoisotopic (exact) mass is 367 g/mol. The van der Waals surface area contributed by atoms with E-state index in [1.807, 2.05) is 24.3 Å². The molecule has 25 heavy (non-hydrogen) atoms. The molecule has 1 aromatic carbocycles. The second kappa shape index (κ2) is 8.08. The van der Waals surface area contributed by atoms with Gasteiger partial charge in [-0.3, -0.25) is 4.99 Å². The molecule has 7 heteroatoms. The first-order valence-electron chi connectivity index (χ1n) is 8.58. The van der Waals surface area contributed by atoms with Crippen LogP contribution in [-0.4, -0.2) is 45.6 Å². The van der Waals surface area contributed by atoms with E-state index in [-0.39, 0.29) is 6.54 Å². The Labute approximate surface area is 151 Å². The lowest BCUT2D eigenvalue weighted by Crippen LogP contribution is -2.47. The third-order valence-electron chi connectivity index (χ3n) is 4.50. The summed E-state index contributed by atoms with van der Waals surface area (Å²) in [6, 6.07) is 7.93. The van der Waals surface area contributed by atoms with E-state index in [0.717, 1.165) is 17.9 Å². The van der Waals surface area contributed by atoms with Crippen molar-refractivity contribution in [1.29, 1.82) is 0 Å². The summed E-state index contributed by atoms with van der Waals surface area (Å²) in [5, 5.41) is 6.30. The highest BCUT2D eigenvalue weighted by Crippen LogP contribution is 2.30. The van der Waals surface area contributed by atoms with Crippen LogP contribution in [0.3, 0.4) is 0 Å². The summed E-state index contributed by atoms with van der Waals surface area (Å²) in [4.78, 5) is 4.16. The maximum Gasteiger partial charge on any atom is 0.191 e. The van der Waals surface area contributed by atoms with Gasteiger partial charge < -0.3 is 15.4 Å². The van der Waals surface area contributed by atoms with Crippen LogP contribution in [0.15, 0.2) is 29.3 Å². The van der Waals surface area contributed by atoms with E-state index < -0.39 is 14.6 Å². The number of rotatable bonds is 8. The van der Waals surface area contributed by atoms with E-state index >= 15 is 0 Å². The minimum absolute atomic E-state index is 0.283. The number of benzene rings is 1. The topological polar surface area (TPSA) is 79.8 Å². The molecular formula is C18H29N3O3S. The second-order valence-electron chi connectivity index (χ2n) is 7.17. The van der Waals surface area contributed by atoms with Gasteiger partial charge in [0.25, 0.3) is 0 Å². The van der Waals surface area contributed by atoms with Crippen molar-refractivity contribution in [3.8, 4) is 5.75 Å². The van der Waals surface area contributed by atoms with Gasteiger partial charge in [-0.1, -0.05) is 18.2 Å². The number of guanidine groups is 1. The normalized spacial score (nSPS) is 15.8. The van der Waals surface area contributed by atoms with E-state index in [0.29, 0.717) is 18.4 Å². The number of aliphatic imine (C=N–C) groups is 1. The minimum Gasteiger partial charge on any atom is -0.493 e. The van der Waals surface area contributed by atoms with Crippen molar-refractivity contribution in [2.75, 3.05) is 26.5 Å². The molecule has 0 radical (unpaired) electrons. The Hall–Kier alpha value is -1.76. The molecular weight excluding hydrogens is 338 g/mol. The summed E-state index contributed by atoms with van der Waals surface area (Å²) in [7, 11) is -1.49. The molecule has 0 atom stereocenters. The van der Waals surface area contributed by atoms with Crippen LogP contribution in [0.4, 0.5) is 0 Å². The molecule has 1 aliphatic rings. The zero-order chi connectivity index (χ0) is 18.5. The molecule has 0 bridgehead atoms. The largest absolute Gasteiger partial charge is 0.493 e. The van der Waals surface area contributed by atoms with Gasteiger partial charge in [-0.05, 0) is 38.7 Å². The van der Waals surface area contributed by atoms with Gasteiger partial charge >= 0.3 is 0 Å². The van der Waals surface area contributed by atoms with Crippen LogP contribution in [-0.2, 0) is 16.4 Å². The van der Waals surface area contributed by atoms with Crippen molar-refractivity contribution >= 4 is 15.8 Å². The highest BCUT2D eigenvalue weighted by Gasteiger charge is 2.30. The third kappa shape index (κ3) is 5.92. The number of nitrogens with one attached hydrogen (secondary N) is 2. The summed E-state index contributed by atoms with van der Waals surface area (Å²) in [5.41, 5.74) is 1.05. The first kappa shape index (κ1) is 19.6. The van der Waals surface area contributed by atoms with Crippen molar-refractivity contribution < 1.29 is 13.2 Å². The molecule has 0 unspecified atom stereocenters. The number of nitrogens with zero attached hydrogens (tertiary/aromatic N) is 1. The molecule has 2 rings (SSSR count).